The van der Waals surface area contributed by atoms with Crippen LogP contribution in [0.3, 0.4) is 0 Å². The molecule has 0 spiro atoms. The molecule has 1 aliphatic rings. The Morgan fingerprint density at radius 3 is 2.69 bits per heavy atom. The molecule has 1 heterocycles. The van der Waals surface area contributed by atoms with Crippen molar-refractivity contribution < 1.29 is 27.6 Å². The number of hydrogen-bond donors (Lipinski definition) is 0. The average Bonchev–Trinajstić information content (AvgIpc) is 3.02. The number of ether oxygens (including phenoxy) is 1. The maximum atomic E-state index is 12.7. The van der Waals surface area contributed by atoms with Gasteiger partial charge in [0.1, 0.15) is 5.75 Å². The third kappa shape index (κ3) is 3.61. The molecule has 0 aromatic heterocycles. The fourth-order valence-corrected chi connectivity index (χ4v) is 2.75. The van der Waals surface area contributed by atoms with E-state index in [0.717, 1.165) is 12.1 Å². The first-order valence-corrected chi connectivity index (χ1v) is 7.63. The van der Waals surface area contributed by atoms with Crippen molar-refractivity contribution in [3.8, 4) is 5.75 Å². The van der Waals surface area contributed by atoms with Gasteiger partial charge in [-0.15, -0.1) is 0 Å². The summed E-state index contributed by atoms with van der Waals surface area (Å²) in [5, 5.41) is 10.8. The van der Waals surface area contributed by atoms with Crippen LogP contribution < -0.4 is 9.64 Å². The Balaban J connectivity index is 1.68. The monoisotopic (exact) mass is 366 g/mol. The molecule has 9 heteroatoms. The van der Waals surface area contributed by atoms with Crippen molar-refractivity contribution in [1.82, 2.24) is 0 Å². The third-order valence-corrected chi connectivity index (χ3v) is 3.99. The standard InChI is InChI=1S/C17H13F3N2O4/c18-17(19,20)12-2-1-3-14(9-12)26-10-16(23)21-7-6-11-8-13(22(24)25)4-5-15(11)21/h1-5,8-9H,6-7,10H2. The quantitative estimate of drug-likeness (QED) is 0.612. The van der Waals surface area contributed by atoms with Gasteiger partial charge >= 0.3 is 6.18 Å². The SMILES string of the molecule is O=C(COc1cccc(C(F)(F)F)c1)N1CCc2cc([N+](=O)[O-])ccc21. The zero-order chi connectivity index (χ0) is 18.9. The van der Waals surface area contributed by atoms with Gasteiger partial charge in [0, 0.05) is 24.4 Å². The zero-order valence-electron chi connectivity index (χ0n) is 13.3. The van der Waals surface area contributed by atoms with Gasteiger partial charge in [-0.1, -0.05) is 6.07 Å². The van der Waals surface area contributed by atoms with Crippen LogP contribution >= 0.6 is 0 Å². The Hall–Kier alpha value is -3.10. The molecule has 0 saturated heterocycles. The summed E-state index contributed by atoms with van der Waals surface area (Å²) < 4.78 is 43.3. The number of benzene rings is 2. The van der Waals surface area contributed by atoms with Crippen molar-refractivity contribution in [2.45, 2.75) is 12.6 Å². The van der Waals surface area contributed by atoms with E-state index in [1.807, 2.05) is 0 Å². The number of nitro benzene ring substituents is 1. The highest BCUT2D eigenvalue weighted by molar-refractivity contribution is 5.96. The van der Waals surface area contributed by atoms with Gasteiger partial charge in [0.15, 0.2) is 6.61 Å². The number of anilines is 1. The maximum Gasteiger partial charge on any atom is 0.416 e. The summed E-state index contributed by atoms with van der Waals surface area (Å²) >= 11 is 0. The number of amides is 1. The first-order valence-electron chi connectivity index (χ1n) is 7.63. The number of nitrogens with zero attached hydrogens (tertiary/aromatic N) is 2. The van der Waals surface area contributed by atoms with Crippen LogP contribution in [0.15, 0.2) is 42.5 Å². The Morgan fingerprint density at radius 2 is 2.00 bits per heavy atom. The fraction of sp³-hybridized carbons (Fsp3) is 0.235. The molecule has 0 unspecified atom stereocenters. The highest BCUT2D eigenvalue weighted by Crippen LogP contribution is 2.32. The Labute approximate surface area is 145 Å². The van der Waals surface area contributed by atoms with Crippen LogP contribution in [0.1, 0.15) is 11.1 Å². The third-order valence-electron chi connectivity index (χ3n) is 3.99. The molecule has 6 nitrogen and oxygen atoms in total. The van der Waals surface area contributed by atoms with E-state index in [4.69, 9.17) is 4.74 Å². The number of fused-ring (bicyclic) bond motifs is 1. The lowest BCUT2D eigenvalue weighted by Crippen LogP contribution is -2.33. The van der Waals surface area contributed by atoms with Crippen molar-refractivity contribution in [1.29, 1.82) is 0 Å². The number of carbonyl (C=O) groups is 1. The van der Waals surface area contributed by atoms with Crippen molar-refractivity contribution in [2.24, 2.45) is 0 Å². The minimum absolute atomic E-state index is 0.0572. The van der Waals surface area contributed by atoms with Gasteiger partial charge in [0.2, 0.25) is 0 Å². The van der Waals surface area contributed by atoms with Gasteiger partial charge in [0.25, 0.3) is 11.6 Å². The van der Waals surface area contributed by atoms with E-state index < -0.39 is 29.2 Å². The predicted molar refractivity (Wildman–Crippen MR) is 86.1 cm³/mol. The molecule has 3 rings (SSSR count). The second kappa shape index (κ2) is 6.66. The van der Waals surface area contributed by atoms with Gasteiger partial charge in [0.05, 0.1) is 10.5 Å². The average molecular weight is 366 g/mol. The Morgan fingerprint density at radius 1 is 1.23 bits per heavy atom. The summed E-state index contributed by atoms with van der Waals surface area (Å²) in [6, 6.07) is 8.49. The molecule has 0 saturated carbocycles. The topological polar surface area (TPSA) is 72.7 Å². The van der Waals surface area contributed by atoms with Crippen molar-refractivity contribution in [2.75, 3.05) is 18.1 Å². The Kier molecular flexibility index (Phi) is 4.54. The van der Waals surface area contributed by atoms with E-state index in [-0.39, 0.29) is 11.4 Å². The molecule has 2 aromatic carbocycles. The largest absolute Gasteiger partial charge is 0.484 e. The molecule has 136 valence electrons. The number of nitro groups is 1. The van der Waals surface area contributed by atoms with Crippen LogP contribution in [0.25, 0.3) is 0 Å². The van der Waals surface area contributed by atoms with Crippen LogP contribution in [-0.2, 0) is 17.4 Å². The summed E-state index contributed by atoms with van der Waals surface area (Å²) in [7, 11) is 0. The number of halogens is 3. The highest BCUT2D eigenvalue weighted by atomic mass is 19.4. The molecule has 2 aromatic rings. The maximum absolute atomic E-state index is 12.7. The lowest BCUT2D eigenvalue weighted by Gasteiger charge is -2.18. The van der Waals surface area contributed by atoms with Gasteiger partial charge < -0.3 is 9.64 Å². The number of rotatable bonds is 4. The van der Waals surface area contributed by atoms with E-state index in [9.17, 15) is 28.1 Å². The number of hydrogen-bond acceptors (Lipinski definition) is 4. The first kappa shape index (κ1) is 17.7. The van der Waals surface area contributed by atoms with Crippen molar-refractivity contribution >= 4 is 17.3 Å². The van der Waals surface area contributed by atoms with Crippen molar-refractivity contribution in [3.05, 3.63) is 63.7 Å². The summed E-state index contributed by atoms with van der Waals surface area (Å²) in [5.41, 5.74) is 0.305. The molecular formula is C17H13F3N2O4. The highest BCUT2D eigenvalue weighted by Gasteiger charge is 2.31. The number of alkyl halides is 3. The molecule has 0 aliphatic carbocycles. The summed E-state index contributed by atoms with van der Waals surface area (Å²) in [6.07, 6.45) is -4.03. The molecule has 0 N–H and O–H groups in total. The normalized spacial score (nSPS) is 13.4. The summed E-state index contributed by atoms with van der Waals surface area (Å²) in [5.74, 6) is -0.494. The van der Waals surface area contributed by atoms with Crippen molar-refractivity contribution in [3.63, 3.8) is 0 Å². The van der Waals surface area contributed by atoms with Crippen LogP contribution in [0.4, 0.5) is 24.5 Å². The minimum atomic E-state index is -4.49. The van der Waals surface area contributed by atoms with E-state index in [0.29, 0.717) is 24.2 Å². The summed E-state index contributed by atoms with van der Waals surface area (Å²) in [4.78, 5) is 24.0. The molecule has 1 aliphatic heterocycles. The van der Waals surface area contributed by atoms with E-state index >= 15 is 0 Å². The molecule has 26 heavy (non-hydrogen) atoms. The number of carbonyl (C=O) groups excluding carboxylic acids is 1. The molecule has 0 atom stereocenters. The predicted octanol–water partition coefficient (Wildman–Crippen LogP) is 3.58. The molecule has 0 bridgehead atoms. The van der Waals surface area contributed by atoms with Crippen LogP contribution in [0.2, 0.25) is 0 Å². The van der Waals surface area contributed by atoms with Gasteiger partial charge in [-0.2, -0.15) is 13.2 Å². The number of non-ortho nitro benzene ring substituents is 1. The van der Waals surface area contributed by atoms with Crippen LogP contribution in [0.5, 0.6) is 5.75 Å². The first-order chi connectivity index (χ1) is 12.3. The second-order valence-electron chi connectivity index (χ2n) is 5.68. The van der Waals surface area contributed by atoms with Crippen LogP contribution in [-0.4, -0.2) is 24.0 Å². The second-order valence-corrected chi connectivity index (χ2v) is 5.68. The van der Waals surface area contributed by atoms with E-state index in [2.05, 4.69) is 0 Å². The lowest BCUT2D eigenvalue weighted by molar-refractivity contribution is -0.384. The van der Waals surface area contributed by atoms with Gasteiger partial charge in [-0.25, -0.2) is 0 Å². The fourth-order valence-electron chi connectivity index (χ4n) is 2.75. The van der Waals surface area contributed by atoms with Crippen LogP contribution in [0, 0.1) is 10.1 Å². The molecular weight excluding hydrogens is 353 g/mol. The summed E-state index contributed by atoms with van der Waals surface area (Å²) in [6.45, 7) is -0.0982. The Bertz CT molecular complexity index is 867. The molecule has 0 radical (unpaired) electrons. The minimum Gasteiger partial charge on any atom is -0.484 e. The molecule has 1 amide bonds. The van der Waals surface area contributed by atoms with E-state index in [1.54, 1.807) is 0 Å². The molecule has 0 fully saturated rings. The van der Waals surface area contributed by atoms with E-state index in [1.165, 1.54) is 35.2 Å². The van der Waals surface area contributed by atoms with Gasteiger partial charge in [-0.05, 0) is 36.2 Å². The zero-order valence-corrected chi connectivity index (χ0v) is 13.3. The lowest BCUT2D eigenvalue weighted by atomic mass is 10.1. The smallest absolute Gasteiger partial charge is 0.416 e. The van der Waals surface area contributed by atoms with Gasteiger partial charge in [-0.3, -0.25) is 14.9 Å².